The molecule has 1 amide bonds. The molecule has 4 rings (SSSR count). The van der Waals surface area contributed by atoms with Crippen molar-refractivity contribution in [3.8, 4) is 16.9 Å². The molecule has 1 aromatic heterocycles. The van der Waals surface area contributed by atoms with Crippen LogP contribution in [-0.2, 0) is 6.54 Å². The van der Waals surface area contributed by atoms with Crippen LogP contribution in [0.25, 0.3) is 22.0 Å². The fourth-order valence-electron chi connectivity index (χ4n) is 4.15. The summed E-state index contributed by atoms with van der Waals surface area (Å²) in [6, 6.07) is 14.2. The topological polar surface area (TPSA) is 34.5 Å². The summed E-state index contributed by atoms with van der Waals surface area (Å²) in [5.41, 5.74) is -2.59. The van der Waals surface area contributed by atoms with Crippen LogP contribution in [-0.4, -0.2) is 34.2 Å². The van der Waals surface area contributed by atoms with Gasteiger partial charge in [-0.2, -0.15) is 13.2 Å². The number of benzene rings is 3. The highest BCUT2D eigenvalue weighted by atomic mass is 32.2. The van der Waals surface area contributed by atoms with Crippen LogP contribution in [0.15, 0.2) is 71.8 Å². The van der Waals surface area contributed by atoms with Gasteiger partial charge in [0.05, 0.1) is 0 Å². The van der Waals surface area contributed by atoms with Gasteiger partial charge in [-0.3, -0.25) is 0 Å². The van der Waals surface area contributed by atoms with Gasteiger partial charge < -0.3 is 14.2 Å². The second-order valence-corrected chi connectivity index (χ2v) is 9.35. The number of hydrogen-bond donors (Lipinski definition) is 0. The predicted octanol–water partition coefficient (Wildman–Crippen LogP) is 8.09. The Bertz CT molecular complexity index is 1410. The van der Waals surface area contributed by atoms with Gasteiger partial charge in [0.15, 0.2) is 0 Å². The van der Waals surface area contributed by atoms with E-state index in [9.17, 15) is 26.7 Å². The van der Waals surface area contributed by atoms with Gasteiger partial charge in [-0.25, -0.2) is 13.6 Å². The quantitative estimate of drug-likeness (QED) is 0.178. The zero-order valence-electron chi connectivity index (χ0n) is 20.0. The maximum atomic E-state index is 14.2. The number of rotatable bonds is 7. The Morgan fingerprint density at radius 3 is 2.32 bits per heavy atom. The minimum absolute atomic E-state index is 0.0722. The van der Waals surface area contributed by atoms with Crippen molar-refractivity contribution < 1.29 is 31.5 Å². The number of aromatic nitrogens is 1. The largest absolute Gasteiger partial charge is 0.446 e. The maximum Gasteiger partial charge on any atom is 0.446 e. The number of ether oxygens (including phenoxy) is 1. The molecule has 0 aliphatic carbocycles. The maximum absolute atomic E-state index is 14.2. The van der Waals surface area contributed by atoms with Crippen molar-refractivity contribution in [3.63, 3.8) is 0 Å². The number of amides is 1. The molecule has 0 radical (unpaired) electrons. The van der Waals surface area contributed by atoms with Crippen LogP contribution in [0.5, 0.6) is 5.75 Å². The monoisotopic (exact) mass is 534 g/mol. The Hall–Kier alpha value is -3.53. The lowest BCUT2D eigenvalue weighted by atomic mass is 10.00. The van der Waals surface area contributed by atoms with Gasteiger partial charge in [0.1, 0.15) is 17.4 Å². The SMILES string of the molecule is CCN(CC)C(=O)Oc1ccc2c(ccn2Cc2cccc(SC(F)(F)F)c2)c1-c1cc(F)cc(F)c1. The smallest absolute Gasteiger partial charge is 0.410 e. The van der Waals surface area contributed by atoms with Crippen LogP contribution in [0.3, 0.4) is 0 Å². The number of nitrogens with zero attached hydrogens (tertiary/aromatic N) is 2. The third-order valence-electron chi connectivity index (χ3n) is 5.77. The van der Waals surface area contributed by atoms with Crippen molar-refractivity contribution in [3.05, 3.63) is 84.1 Å². The van der Waals surface area contributed by atoms with E-state index in [1.165, 1.54) is 17.0 Å². The lowest BCUT2D eigenvalue weighted by Crippen LogP contribution is -2.33. The zero-order chi connectivity index (χ0) is 26.7. The molecule has 0 aliphatic rings. The summed E-state index contributed by atoms with van der Waals surface area (Å²) in [6.07, 6.45) is 1.13. The Kier molecular flexibility index (Phi) is 7.77. The first kappa shape index (κ1) is 26.5. The summed E-state index contributed by atoms with van der Waals surface area (Å²) in [7, 11) is 0. The molecular weight excluding hydrogens is 511 g/mol. The van der Waals surface area contributed by atoms with Crippen LogP contribution >= 0.6 is 11.8 Å². The summed E-state index contributed by atoms with van der Waals surface area (Å²) in [6.45, 7) is 4.71. The number of carbonyl (C=O) groups excluding carboxylic acids is 1. The van der Waals surface area contributed by atoms with E-state index < -0.39 is 23.2 Å². The van der Waals surface area contributed by atoms with Gasteiger partial charge in [-0.15, -0.1) is 0 Å². The fraction of sp³-hybridized carbons (Fsp3) is 0.222. The Morgan fingerprint density at radius 1 is 0.973 bits per heavy atom. The Morgan fingerprint density at radius 2 is 1.68 bits per heavy atom. The Labute approximate surface area is 214 Å². The molecule has 1 heterocycles. The molecule has 0 N–H and O–H groups in total. The van der Waals surface area contributed by atoms with Gasteiger partial charge in [-0.05, 0) is 79.2 Å². The molecule has 0 spiro atoms. The van der Waals surface area contributed by atoms with Gasteiger partial charge in [0.25, 0.3) is 0 Å². The third-order valence-corrected chi connectivity index (χ3v) is 6.49. The average Bonchev–Trinajstić information content (AvgIpc) is 3.20. The highest BCUT2D eigenvalue weighted by Gasteiger charge is 2.29. The molecule has 10 heteroatoms. The molecule has 37 heavy (non-hydrogen) atoms. The van der Waals surface area contributed by atoms with E-state index in [4.69, 9.17) is 4.74 Å². The van der Waals surface area contributed by atoms with Crippen LogP contribution < -0.4 is 4.74 Å². The van der Waals surface area contributed by atoms with Crippen molar-refractivity contribution in [2.45, 2.75) is 30.8 Å². The summed E-state index contributed by atoms with van der Waals surface area (Å²) in [5.74, 6) is -1.44. The van der Waals surface area contributed by atoms with Gasteiger partial charge >= 0.3 is 11.6 Å². The number of alkyl halides is 3. The van der Waals surface area contributed by atoms with E-state index in [-0.39, 0.29) is 34.5 Å². The van der Waals surface area contributed by atoms with E-state index in [0.29, 0.717) is 35.1 Å². The second-order valence-electron chi connectivity index (χ2n) is 8.21. The first-order valence-corrected chi connectivity index (χ1v) is 12.3. The highest BCUT2D eigenvalue weighted by molar-refractivity contribution is 8.00. The summed E-state index contributed by atoms with van der Waals surface area (Å²) < 4.78 is 74.2. The number of hydrogen-bond acceptors (Lipinski definition) is 3. The van der Waals surface area contributed by atoms with Crippen LogP contribution in [0.4, 0.5) is 26.7 Å². The molecule has 0 bridgehead atoms. The first-order chi connectivity index (χ1) is 17.6. The molecule has 0 fully saturated rings. The van der Waals surface area contributed by atoms with E-state index in [2.05, 4.69) is 0 Å². The third kappa shape index (κ3) is 6.25. The fourth-order valence-corrected chi connectivity index (χ4v) is 4.77. The van der Waals surface area contributed by atoms with Crippen molar-refractivity contribution >= 4 is 28.8 Å². The van der Waals surface area contributed by atoms with E-state index in [1.54, 1.807) is 50.4 Å². The van der Waals surface area contributed by atoms with Crippen LogP contribution in [0, 0.1) is 11.6 Å². The second kappa shape index (κ2) is 10.8. The standard InChI is InChI=1S/C27H23F5N2O2S/c1-3-33(4-2)26(35)36-24-9-8-23-22(25(24)18-13-19(28)15-20(29)14-18)10-11-34(23)16-17-6-5-7-21(12-17)37-27(30,31)32/h5-15H,3-4,16H2,1-2H3. The number of carbonyl (C=O) groups is 1. The van der Waals surface area contributed by atoms with Gasteiger partial charge in [0, 0.05) is 53.3 Å². The van der Waals surface area contributed by atoms with E-state index >= 15 is 0 Å². The number of thioether (sulfide) groups is 1. The molecule has 4 nitrogen and oxygen atoms in total. The van der Waals surface area contributed by atoms with Crippen LogP contribution in [0.1, 0.15) is 19.4 Å². The zero-order valence-corrected chi connectivity index (χ0v) is 20.8. The summed E-state index contributed by atoms with van der Waals surface area (Å²) >= 11 is -0.186. The van der Waals surface area contributed by atoms with Crippen LogP contribution in [0.2, 0.25) is 0 Å². The van der Waals surface area contributed by atoms with E-state index in [1.807, 2.05) is 4.57 Å². The summed E-state index contributed by atoms with van der Waals surface area (Å²) in [5, 5.41) is 0.565. The van der Waals surface area contributed by atoms with Crippen molar-refractivity contribution in [1.29, 1.82) is 0 Å². The molecule has 0 saturated heterocycles. The van der Waals surface area contributed by atoms with Gasteiger partial charge in [-0.1, -0.05) is 12.1 Å². The average molecular weight is 535 g/mol. The molecule has 3 aromatic carbocycles. The first-order valence-electron chi connectivity index (χ1n) is 11.5. The molecular formula is C27H23F5N2O2S. The lowest BCUT2D eigenvalue weighted by molar-refractivity contribution is -0.0328. The molecule has 0 atom stereocenters. The molecule has 0 saturated carbocycles. The van der Waals surface area contributed by atoms with E-state index in [0.717, 1.165) is 18.2 Å². The van der Waals surface area contributed by atoms with Gasteiger partial charge in [0.2, 0.25) is 0 Å². The normalized spacial score (nSPS) is 11.6. The van der Waals surface area contributed by atoms with Crippen molar-refractivity contribution in [2.24, 2.45) is 0 Å². The highest BCUT2D eigenvalue weighted by Crippen LogP contribution is 2.40. The van der Waals surface area contributed by atoms with Crippen molar-refractivity contribution in [2.75, 3.05) is 13.1 Å². The Balaban J connectivity index is 1.78. The number of halogens is 5. The molecule has 0 unspecified atom stereocenters. The lowest BCUT2D eigenvalue weighted by Gasteiger charge is -2.20. The summed E-state index contributed by atoms with van der Waals surface area (Å²) in [4.78, 5) is 14.2. The minimum Gasteiger partial charge on any atom is -0.410 e. The predicted molar refractivity (Wildman–Crippen MR) is 134 cm³/mol. The minimum atomic E-state index is -4.40. The molecule has 0 aliphatic heterocycles. The molecule has 194 valence electrons. The number of fused-ring (bicyclic) bond motifs is 1. The van der Waals surface area contributed by atoms with Crippen molar-refractivity contribution in [1.82, 2.24) is 9.47 Å². The molecule has 4 aromatic rings.